The summed E-state index contributed by atoms with van der Waals surface area (Å²) in [6.45, 7) is 3.74. The third kappa shape index (κ3) is 2.52. The number of aryl methyl sites for hydroxylation is 2. The van der Waals surface area contributed by atoms with E-state index in [4.69, 9.17) is 11.5 Å². The van der Waals surface area contributed by atoms with Gasteiger partial charge >= 0.3 is 0 Å². The van der Waals surface area contributed by atoms with Crippen molar-refractivity contribution >= 4 is 23.0 Å². The van der Waals surface area contributed by atoms with Crippen LogP contribution in [0.1, 0.15) is 21.7 Å². The number of carbonyl (C=O) groups excluding carboxylic acids is 1. The molecule has 2 aromatic rings. The fraction of sp³-hybridized carbons (Fsp3) is 0.231. The SMILES string of the molecule is Cc1nn(C)c(C)c1NC(=O)c1cc(N)cc(N)c1. The van der Waals surface area contributed by atoms with Gasteiger partial charge in [-0.2, -0.15) is 5.10 Å². The summed E-state index contributed by atoms with van der Waals surface area (Å²) >= 11 is 0. The molecule has 0 aliphatic rings. The predicted octanol–water partition coefficient (Wildman–Crippen LogP) is 1.45. The fourth-order valence-corrected chi connectivity index (χ4v) is 1.95. The number of benzene rings is 1. The lowest BCUT2D eigenvalue weighted by Crippen LogP contribution is -2.14. The van der Waals surface area contributed by atoms with E-state index in [2.05, 4.69) is 10.4 Å². The first kappa shape index (κ1) is 12.9. The molecular formula is C13H17N5O. The van der Waals surface area contributed by atoms with Crippen LogP contribution in [0.4, 0.5) is 17.1 Å². The number of carbonyl (C=O) groups is 1. The molecule has 19 heavy (non-hydrogen) atoms. The molecule has 2 rings (SSSR count). The topological polar surface area (TPSA) is 99.0 Å². The highest BCUT2D eigenvalue weighted by Gasteiger charge is 2.14. The smallest absolute Gasteiger partial charge is 0.255 e. The van der Waals surface area contributed by atoms with Gasteiger partial charge in [0.1, 0.15) is 0 Å². The number of nitrogens with one attached hydrogen (secondary N) is 1. The van der Waals surface area contributed by atoms with Gasteiger partial charge in [-0.25, -0.2) is 0 Å². The zero-order chi connectivity index (χ0) is 14.2. The van der Waals surface area contributed by atoms with Crippen molar-refractivity contribution in [1.82, 2.24) is 9.78 Å². The Morgan fingerprint density at radius 3 is 2.26 bits per heavy atom. The Morgan fingerprint density at radius 2 is 1.79 bits per heavy atom. The number of hydrogen-bond donors (Lipinski definition) is 3. The van der Waals surface area contributed by atoms with Gasteiger partial charge in [0.05, 0.1) is 17.1 Å². The molecule has 1 aromatic carbocycles. The maximum atomic E-state index is 12.2. The number of nitrogen functional groups attached to an aromatic ring is 2. The molecule has 0 aliphatic carbocycles. The van der Waals surface area contributed by atoms with Crippen LogP contribution < -0.4 is 16.8 Å². The van der Waals surface area contributed by atoms with Crippen LogP contribution in [0.15, 0.2) is 18.2 Å². The Balaban J connectivity index is 2.30. The van der Waals surface area contributed by atoms with Gasteiger partial charge < -0.3 is 16.8 Å². The monoisotopic (exact) mass is 259 g/mol. The first-order chi connectivity index (χ1) is 8.88. The van der Waals surface area contributed by atoms with Gasteiger partial charge in [-0.3, -0.25) is 9.48 Å². The molecule has 1 aromatic heterocycles. The Morgan fingerprint density at radius 1 is 1.21 bits per heavy atom. The third-order valence-corrected chi connectivity index (χ3v) is 2.99. The van der Waals surface area contributed by atoms with Gasteiger partial charge in [-0.1, -0.05) is 0 Å². The highest BCUT2D eigenvalue weighted by atomic mass is 16.1. The van der Waals surface area contributed by atoms with E-state index in [1.165, 1.54) is 0 Å². The summed E-state index contributed by atoms with van der Waals surface area (Å²) in [5, 5.41) is 7.08. The van der Waals surface area contributed by atoms with Gasteiger partial charge in [0.25, 0.3) is 5.91 Å². The first-order valence-electron chi connectivity index (χ1n) is 5.86. The summed E-state index contributed by atoms with van der Waals surface area (Å²) in [6, 6.07) is 4.79. The van der Waals surface area contributed by atoms with E-state index < -0.39 is 0 Å². The van der Waals surface area contributed by atoms with Crippen LogP contribution in [0.3, 0.4) is 0 Å². The zero-order valence-corrected chi connectivity index (χ0v) is 11.2. The minimum Gasteiger partial charge on any atom is -0.399 e. The minimum atomic E-state index is -0.252. The van der Waals surface area contributed by atoms with Crippen molar-refractivity contribution in [2.75, 3.05) is 16.8 Å². The number of nitrogens with two attached hydrogens (primary N) is 2. The maximum absolute atomic E-state index is 12.2. The largest absolute Gasteiger partial charge is 0.399 e. The molecule has 100 valence electrons. The van der Waals surface area contributed by atoms with Crippen LogP contribution in [0.2, 0.25) is 0 Å². The number of hydrogen-bond acceptors (Lipinski definition) is 4. The standard InChI is InChI=1S/C13H17N5O/c1-7-12(8(2)18(3)17-7)16-13(19)9-4-10(14)6-11(15)5-9/h4-6H,14-15H2,1-3H3,(H,16,19). The van der Waals surface area contributed by atoms with E-state index in [1.807, 2.05) is 20.9 Å². The van der Waals surface area contributed by atoms with Gasteiger partial charge in [-0.15, -0.1) is 0 Å². The van der Waals surface area contributed by atoms with Gasteiger partial charge in [0.2, 0.25) is 0 Å². The molecule has 0 saturated heterocycles. The van der Waals surface area contributed by atoms with E-state index >= 15 is 0 Å². The molecule has 1 amide bonds. The lowest BCUT2D eigenvalue weighted by atomic mass is 10.1. The molecule has 6 nitrogen and oxygen atoms in total. The van der Waals surface area contributed by atoms with Crippen molar-refractivity contribution in [3.05, 3.63) is 35.2 Å². The summed E-state index contributed by atoms with van der Waals surface area (Å²) in [5.74, 6) is -0.252. The van der Waals surface area contributed by atoms with Crippen LogP contribution in [0, 0.1) is 13.8 Å². The molecule has 1 heterocycles. The summed E-state index contributed by atoms with van der Waals surface area (Å²) < 4.78 is 1.72. The van der Waals surface area contributed by atoms with E-state index in [9.17, 15) is 4.79 Å². The number of nitrogens with zero attached hydrogens (tertiary/aromatic N) is 2. The second kappa shape index (κ2) is 4.64. The van der Waals surface area contributed by atoms with Crippen LogP contribution in [-0.2, 0) is 7.05 Å². The van der Waals surface area contributed by atoms with Crippen LogP contribution in [0.25, 0.3) is 0 Å². The summed E-state index contributed by atoms with van der Waals surface area (Å²) in [7, 11) is 1.83. The highest BCUT2D eigenvalue weighted by Crippen LogP contribution is 2.20. The van der Waals surface area contributed by atoms with Crippen molar-refractivity contribution < 1.29 is 4.79 Å². The normalized spacial score (nSPS) is 10.5. The zero-order valence-electron chi connectivity index (χ0n) is 11.2. The lowest BCUT2D eigenvalue weighted by molar-refractivity contribution is 0.102. The lowest BCUT2D eigenvalue weighted by Gasteiger charge is -2.07. The highest BCUT2D eigenvalue weighted by molar-refractivity contribution is 6.05. The van der Waals surface area contributed by atoms with Crippen LogP contribution >= 0.6 is 0 Å². The molecule has 0 fully saturated rings. The Kier molecular flexibility index (Phi) is 3.16. The van der Waals surface area contributed by atoms with E-state index in [0.717, 1.165) is 11.4 Å². The number of aromatic nitrogens is 2. The van der Waals surface area contributed by atoms with E-state index in [0.29, 0.717) is 22.6 Å². The van der Waals surface area contributed by atoms with Gasteiger partial charge in [0.15, 0.2) is 0 Å². The molecule has 0 bridgehead atoms. The molecule has 6 heteroatoms. The van der Waals surface area contributed by atoms with E-state index in [-0.39, 0.29) is 5.91 Å². The van der Waals surface area contributed by atoms with E-state index in [1.54, 1.807) is 22.9 Å². The predicted molar refractivity (Wildman–Crippen MR) is 75.9 cm³/mol. The quantitative estimate of drug-likeness (QED) is 0.711. The van der Waals surface area contributed by atoms with Gasteiger partial charge in [0, 0.05) is 24.0 Å². The Bertz CT molecular complexity index is 624. The van der Waals surface area contributed by atoms with Crippen molar-refractivity contribution in [2.45, 2.75) is 13.8 Å². The average molecular weight is 259 g/mol. The molecule has 0 saturated carbocycles. The van der Waals surface area contributed by atoms with Crippen molar-refractivity contribution in [1.29, 1.82) is 0 Å². The number of anilines is 3. The molecule has 5 N–H and O–H groups in total. The molecular weight excluding hydrogens is 242 g/mol. The fourth-order valence-electron chi connectivity index (χ4n) is 1.95. The average Bonchev–Trinajstić information content (AvgIpc) is 2.54. The Labute approximate surface area is 111 Å². The Hall–Kier alpha value is -2.50. The molecule has 0 unspecified atom stereocenters. The molecule has 0 aliphatic heterocycles. The van der Waals surface area contributed by atoms with Crippen molar-refractivity contribution in [2.24, 2.45) is 7.05 Å². The summed E-state index contributed by atoms with van der Waals surface area (Å²) in [5.41, 5.74) is 15.1. The first-order valence-corrected chi connectivity index (χ1v) is 5.86. The molecule has 0 atom stereocenters. The molecule has 0 spiro atoms. The minimum absolute atomic E-state index is 0.252. The summed E-state index contributed by atoms with van der Waals surface area (Å²) in [6.07, 6.45) is 0. The van der Waals surface area contributed by atoms with Crippen molar-refractivity contribution in [3.63, 3.8) is 0 Å². The second-order valence-electron chi connectivity index (χ2n) is 4.51. The number of amides is 1. The maximum Gasteiger partial charge on any atom is 0.255 e. The second-order valence-corrected chi connectivity index (χ2v) is 4.51. The van der Waals surface area contributed by atoms with Gasteiger partial charge in [-0.05, 0) is 32.0 Å². The van der Waals surface area contributed by atoms with Crippen molar-refractivity contribution in [3.8, 4) is 0 Å². The third-order valence-electron chi connectivity index (χ3n) is 2.99. The van der Waals surface area contributed by atoms with Crippen LogP contribution in [0.5, 0.6) is 0 Å². The van der Waals surface area contributed by atoms with Crippen LogP contribution in [-0.4, -0.2) is 15.7 Å². The summed E-state index contributed by atoms with van der Waals surface area (Å²) in [4.78, 5) is 12.2. The molecule has 0 radical (unpaired) electrons. The number of rotatable bonds is 2.